The summed E-state index contributed by atoms with van der Waals surface area (Å²) in [6, 6.07) is 0. The number of anilines is 1. The van der Waals surface area contributed by atoms with E-state index in [1.54, 1.807) is 0 Å². The van der Waals surface area contributed by atoms with Crippen molar-refractivity contribution in [2.24, 2.45) is 0 Å². The molecule has 1 aromatic rings. The van der Waals surface area contributed by atoms with Gasteiger partial charge in [0.1, 0.15) is 5.69 Å². The van der Waals surface area contributed by atoms with Crippen LogP contribution in [0.2, 0.25) is 0 Å². The highest BCUT2D eigenvalue weighted by molar-refractivity contribution is 5.47. The van der Waals surface area contributed by atoms with Gasteiger partial charge in [-0.2, -0.15) is 0 Å². The van der Waals surface area contributed by atoms with Crippen molar-refractivity contribution in [1.29, 1.82) is 0 Å². The van der Waals surface area contributed by atoms with Crippen LogP contribution in [-0.4, -0.2) is 43.1 Å². The Hall–Kier alpha value is -1.41. The van der Waals surface area contributed by atoms with Crippen LogP contribution in [0, 0.1) is 29.1 Å². The lowest BCUT2D eigenvalue weighted by Gasteiger charge is -2.33. The zero-order valence-electron chi connectivity index (χ0n) is 10.1. The van der Waals surface area contributed by atoms with Crippen LogP contribution >= 0.6 is 0 Å². The number of nitrogens with one attached hydrogen (secondary N) is 1. The van der Waals surface area contributed by atoms with Gasteiger partial charge in [-0.05, 0) is 7.05 Å². The van der Waals surface area contributed by atoms with Crippen molar-refractivity contribution >= 4 is 5.69 Å². The minimum absolute atomic E-state index is 0.413. The van der Waals surface area contributed by atoms with Gasteiger partial charge in [0.15, 0.2) is 23.3 Å². The molecule has 0 bridgehead atoms. The SMILES string of the molecule is CN1CCN(Nc2c(F)c(F)c(F)c(F)c2F)CC1. The third kappa shape index (κ3) is 2.64. The van der Waals surface area contributed by atoms with Gasteiger partial charge >= 0.3 is 0 Å². The highest BCUT2D eigenvalue weighted by Gasteiger charge is 2.27. The normalized spacial score (nSPS) is 17.8. The summed E-state index contributed by atoms with van der Waals surface area (Å²) in [6.45, 7) is 2.08. The highest BCUT2D eigenvalue weighted by Crippen LogP contribution is 2.27. The summed E-state index contributed by atoms with van der Waals surface area (Å²) in [5, 5.41) is 1.41. The Morgan fingerprint density at radius 3 is 1.63 bits per heavy atom. The number of halogens is 5. The van der Waals surface area contributed by atoms with E-state index >= 15 is 0 Å². The Bertz CT molecular complexity index is 457. The predicted octanol–water partition coefficient (Wildman–Crippen LogP) is 1.96. The lowest BCUT2D eigenvalue weighted by atomic mass is 10.2. The maximum absolute atomic E-state index is 13.4. The van der Waals surface area contributed by atoms with Crippen LogP contribution in [0.25, 0.3) is 0 Å². The summed E-state index contributed by atoms with van der Waals surface area (Å²) in [5.41, 5.74) is 1.24. The molecule has 1 aliphatic rings. The maximum Gasteiger partial charge on any atom is 0.200 e. The Kier molecular flexibility index (Phi) is 3.91. The maximum atomic E-state index is 13.4. The van der Waals surface area contributed by atoms with Gasteiger partial charge in [-0.1, -0.05) is 0 Å². The van der Waals surface area contributed by atoms with Crippen LogP contribution in [0.15, 0.2) is 0 Å². The molecule has 1 N–H and O–H groups in total. The fourth-order valence-corrected chi connectivity index (χ4v) is 1.78. The molecular weight excluding hydrogens is 269 g/mol. The first-order valence-electron chi connectivity index (χ1n) is 5.63. The quantitative estimate of drug-likeness (QED) is 0.508. The second kappa shape index (κ2) is 5.30. The monoisotopic (exact) mass is 281 g/mol. The number of hydrogen-bond donors (Lipinski definition) is 1. The van der Waals surface area contributed by atoms with Gasteiger partial charge < -0.3 is 10.3 Å². The fourth-order valence-electron chi connectivity index (χ4n) is 1.78. The Balaban J connectivity index is 2.25. The molecule has 0 atom stereocenters. The Morgan fingerprint density at radius 2 is 1.16 bits per heavy atom. The average Bonchev–Trinajstić information content (AvgIpc) is 2.41. The van der Waals surface area contributed by atoms with Gasteiger partial charge in [0.25, 0.3) is 0 Å². The second-order valence-electron chi connectivity index (χ2n) is 4.35. The zero-order valence-corrected chi connectivity index (χ0v) is 10.1. The van der Waals surface area contributed by atoms with E-state index in [2.05, 4.69) is 5.43 Å². The molecule has 1 aromatic carbocycles. The lowest BCUT2D eigenvalue weighted by Crippen LogP contribution is -2.47. The molecule has 0 unspecified atom stereocenters. The summed E-state index contributed by atoms with van der Waals surface area (Å²) < 4.78 is 65.7. The van der Waals surface area contributed by atoms with Crippen molar-refractivity contribution in [2.45, 2.75) is 0 Å². The number of rotatable bonds is 2. The first-order chi connectivity index (χ1) is 8.91. The summed E-state index contributed by atoms with van der Waals surface area (Å²) in [6.07, 6.45) is 0. The molecule has 0 spiro atoms. The van der Waals surface area contributed by atoms with E-state index in [1.165, 1.54) is 5.01 Å². The smallest absolute Gasteiger partial charge is 0.200 e. The molecule has 1 saturated heterocycles. The molecule has 106 valence electrons. The van der Waals surface area contributed by atoms with Crippen LogP contribution in [-0.2, 0) is 0 Å². The number of benzene rings is 1. The third-order valence-corrected chi connectivity index (χ3v) is 2.98. The van der Waals surface area contributed by atoms with E-state index in [0.29, 0.717) is 26.2 Å². The van der Waals surface area contributed by atoms with Crippen LogP contribution in [0.4, 0.5) is 27.6 Å². The van der Waals surface area contributed by atoms with Gasteiger partial charge in [-0.25, -0.2) is 27.0 Å². The summed E-state index contributed by atoms with van der Waals surface area (Å²) in [5.74, 6) is -9.75. The van der Waals surface area contributed by atoms with Gasteiger partial charge in [0.2, 0.25) is 5.82 Å². The third-order valence-electron chi connectivity index (χ3n) is 2.98. The van der Waals surface area contributed by atoms with Gasteiger partial charge in [-0.3, -0.25) is 0 Å². The van der Waals surface area contributed by atoms with Crippen LogP contribution in [0.1, 0.15) is 0 Å². The van der Waals surface area contributed by atoms with E-state index in [-0.39, 0.29) is 0 Å². The molecule has 3 nitrogen and oxygen atoms in total. The van der Waals surface area contributed by atoms with E-state index in [4.69, 9.17) is 0 Å². The molecule has 1 aliphatic heterocycles. The minimum Gasteiger partial charge on any atom is -0.313 e. The minimum atomic E-state index is -2.15. The van der Waals surface area contributed by atoms with Crippen molar-refractivity contribution in [1.82, 2.24) is 9.91 Å². The fraction of sp³-hybridized carbons (Fsp3) is 0.455. The number of hydrogen-bond acceptors (Lipinski definition) is 3. The van der Waals surface area contributed by atoms with Crippen molar-refractivity contribution in [3.63, 3.8) is 0 Å². The molecule has 0 aliphatic carbocycles. The van der Waals surface area contributed by atoms with Crippen molar-refractivity contribution in [3.05, 3.63) is 29.1 Å². The van der Waals surface area contributed by atoms with Gasteiger partial charge in [-0.15, -0.1) is 0 Å². The molecule has 1 heterocycles. The number of hydrazine groups is 1. The van der Waals surface area contributed by atoms with Crippen LogP contribution in [0.3, 0.4) is 0 Å². The highest BCUT2D eigenvalue weighted by atomic mass is 19.2. The van der Waals surface area contributed by atoms with Gasteiger partial charge in [0.05, 0.1) is 0 Å². The van der Waals surface area contributed by atoms with E-state index < -0.39 is 34.8 Å². The molecule has 0 amide bonds. The molecule has 8 heteroatoms. The topological polar surface area (TPSA) is 18.5 Å². The van der Waals surface area contributed by atoms with E-state index in [9.17, 15) is 22.0 Å². The summed E-state index contributed by atoms with van der Waals surface area (Å²) >= 11 is 0. The second-order valence-corrected chi connectivity index (χ2v) is 4.35. The van der Waals surface area contributed by atoms with Crippen molar-refractivity contribution < 1.29 is 22.0 Å². The molecule has 19 heavy (non-hydrogen) atoms. The number of piperazine rings is 1. The number of nitrogens with zero attached hydrogens (tertiary/aromatic N) is 2. The molecule has 0 aromatic heterocycles. The van der Waals surface area contributed by atoms with Crippen molar-refractivity contribution in [2.75, 3.05) is 38.7 Å². The zero-order chi connectivity index (χ0) is 14.2. The van der Waals surface area contributed by atoms with Crippen LogP contribution in [0.5, 0.6) is 0 Å². The summed E-state index contributed by atoms with van der Waals surface area (Å²) in [4.78, 5) is 1.98. The molecule has 2 rings (SSSR count). The Morgan fingerprint density at radius 1 is 0.737 bits per heavy atom. The van der Waals surface area contributed by atoms with Crippen LogP contribution < -0.4 is 5.43 Å². The first kappa shape index (κ1) is 14.0. The molecule has 0 saturated carbocycles. The largest absolute Gasteiger partial charge is 0.313 e. The standard InChI is InChI=1S/C11H12F5N3/c1-18-2-4-19(5-3-18)17-11-9(15)7(13)6(12)8(14)10(11)16/h17H,2-5H2,1H3. The summed E-state index contributed by atoms with van der Waals surface area (Å²) in [7, 11) is 1.87. The predicted molar refractivity (Wildman–Crippen MR) is 58.9 cm³/mol. The van der Waals surface area contributed by atoms with Crippen molar-refractivity contribution in [3.8, 4) is 0 Å². The molecule has 1 fully saturated rings. The first-order valence-corrected chi connectivity index (χ1v) is 5.63. The van der Waals surface area contributed by atoms with Gasteiger partial charge in [0, 0.05) is 26.2 Å². The van der Waals surface area contributed by atoms with E-state index in [1.807, 2.05) is 11.9 Å². The van der Waals surface area contributed by atoms with E-state index in [0.717, 1.165) is 0 Å². The molecule has 0 radical (unpaired) electrons. The lowest BCUT2D eigenvalue weighted by molar-refractivity contribution is 0.177. The average molecular weight is 281 g/mol. The Labute approximate surface area is 106 Å². The molecular formula is C11H12F5N3. The number of likely N-dealkylation sites (N-methyl/N-ethyl adjacent to an activating group) is 1.